The van der Waals surface area contributed by atoms with Crippen LogP contribution in [-0.4, -0.2) is 50.3 Å². The third kappa shape index (κ3) is 1.87. The minimum Gasteiger partial charge on any atom is -0.380 e. The average Bonchev–Trinajstić information content (AvgIpc) is 2.29. The summed E-state index contributed by atoms with van der Waals surface area (Å²) in [5, 5.41) is 3.58. The Labute approximate surface area is 80.4 Å². The summed E-state index contributed by atoms with van der Waals surface area (Å²) < 4.78 is 5.50. The molecule has 0 aliphatic carbocycles. The fourth-order valence-corrected chi connectivity index (χ4v) is 2.50. The second kappa shape index (κ2) is 3.95. The van der Waals surface area contributed by atoms with Gasteiger partial charge in [-0.1, -0.05) is 0 Å². The maximum Gasteiger partial charge on any atom is 0.0622 e. The van der Waals surface area contributed by atoms with Crippen molar-refractivity contribution in [1.29, 1.82) is 0 Å². The molecule has 13 heavy (non-hydrogen) atoms. The van der Waals surface area contributed by atoms with E-state index in [1.807, 2.05) is 0 Å². The van der Waals surface area contributed by atoms with E-state index in [1.165, 1.54) is 6.42 Å². The van der Waals surface area contributed by atoms with Crippen LogP contribution in [0.1, 0.15) is 13.3 Å². The third-order valence-corrected chi connectivity index (χ3v) is 3.60. The molecule has 0 aromatic carbocycles. The first kappa shape index (κ1) is 9.44. The molecule has 2 rings (SSSR count). The van der Waals surface area contributed by atoms with Crippen LogP contribution in [0.3, 0.4) is 0 Å². The Hall–Kier alpha value is -0.120. The van der Waals surface area contributed by atoms with Gasteiger partial charge in [-0.05, 0) is 26.3 Å². The Morgan fingerprint density at radius 1 is 1.46 bits per heavy atom. The number of hydrogen-bond acceptors (Lipinski definition) is 3. The predicted octanol–water partition coefficient (Wildman–Crippen LogP) is 0.315. The molecule has 76 valence electrons. The second-order valence-electron chi connectivity index (χ2n) is 4.31. The van der Waals surface area contributed by atoms with Crippen molar-refractivity contribution in [3.63, 3.8) is 0 Å². The first-order valence-corrected chi connectivity index (χ1v) is 5.30. The Morgan fingerprint density at radius 2 is 2.31 bits per heavy atom. The van der Waals surface area contributed by atoms with Gasteiger partial charge in [0.05, 0.1) is 6.61 Å². The Bertz CT molecular complexity index is 172. The maximum atomic E-state index is 5.50. The molecule has 0 aromatic heterocycles. The van der Waals surface area contributed by atoms with Gasteiger partial charge in [0.2, 0.25) is 0 Å². The number of ether oxygens (including phenoxy) is 1. The van der Waals surface area contributed by atoms with E-state index in [2.05, 4.69) is 24.2 Å². The number of nitrogens with zero attached hydrogens (tertiary/aromatic N) is 1. The van der Waals surface area contributed by atoms with Crippen LogP contribution in [0.5, 0.6) is 0 Å². The van der Waals surface area contributed by atoms with Gasteiger partial charge in [-0.2, -0.15) is 0 Å². The highest BCUT2D eigenvalue weighted by Crippen LogP contribution is 2.23. The van der Waals surface area contributed by atoms with E-state index in [1.54, 1.807) is 0 Å². The maximum absolute atomic E-state index is 5.50. The average molecular weight is 184 g/mol. The van der Waals surface area contributed by atoms with E-state index < -0.39 is 0 Å². The van der Waals surface area contributed by atoms with Gasteiger partial charge in [-0.15, -0.1) is 0 Å². The molecule has 0 bridgehead atoms. The lowest BCUT2D eigenvalue weighted by molar-refractivity contribution is 0.0200. The number of rotatable bonds is 0. The molecule has 2 heterocycles. The van der Waals surface area contributed by atoms with E-state index in [-0.39, 0.29) is 0 Å². The van der Waals surface area contributed by atoms with Crippen molar-refractivity contribution in [2.45, 2.75) is 25.4 Å². The first-order valence-electron chi connectivity index (χ1n) is 5.30. The van der Waals surface area contributed by atoms with Crippen molar-refractivity contribution in [2.75, 3.05) is 33.4 Å². The monoisotopic (exact) mass is 184 g/mol. The summed E-state index contributed by atoms with van der Waals surface area (Å²) in [4.78, 5) is 2.46. The molecule has 1 N–H and O–H groups in total. The van der Waals surface area contributed by atoms with Crippen LogP contribution in [0.2, 0.25) is 0 Å². The van der Waals surface area contributed by atoms with Crippen molar-refractivity contribution in [3.05, 3.63) is 0 Å². The number of fused-ring (bicyclic) bond motifs is 1. The topological polar surface area (TPSA) is 24.5 Å². The van der Waals surface area contributed by atoms with E-state index >= 15 is 0 Å². The minimum absolute atomic E-state index is 0.591. The van der Waals surface area contributed by atoms with Gasteiger partial charge in [0.15, 0.2) is 0 Å². The summed E-state index contributed by atoms with van der Waals surface area (Å²) >= 11 is 0. The molecule has 2 aliphatic heterocycles. The van der Waals surface area contributed by atoms with Crippen LogP contribution in [0.25, 0.3) is 0 Å². The van der Waals surface area contributed by atoms with Crippen LogP contribution in [0.4, 0.5) is 0 Å². The molecule has 0 spiro atoms. The smallest absolute Gasteiger partial charge is 0.0622 e. The SMILES string of the molecule is C[C@H]1[C@@H]2CCOCC2NCCN1C. The Kier molecular flexibility index (Phi) is 2.86. The lowest BCUT2D eigenvalue weighted by Crippen LogP contribution is -2.47. The normalized spacial score (nSPS) is 42.5. The van der Waals surface area contributed by atoms with Gasteiger partial charge >= 0.3 is 0 Å². The largest absolute Gasteiger partial charge is 0.380 e. The predicted molar refractivity (Wildman–Crippen MR) is 52.8 cm³/mol. The summed E-state index contributed by atoms with van der Waals surface area (Å²) in [7, 11) is 2.23. The minimum atomic E-state index is 0.591. The summed E-state index contributed by atoms with van der Waals surface area (Å²) in [6, 6.07) is 1.29. The lowest BCUT2D eigenvalue weighted by Gasteiger charge is -2.36. The molecular formula is C10H20N2O. The molecule has 0 amide bonds. The van der Waals surface area contributed by atoms with Gasteiger partial charge in [0.25, 0.3) is 0 Å². The van der Waals surface area contributed by atoms with Gasteiger partial charge in [-0.25, -0.2) is 0 Å². The standard InChI is InChI=1S/C10H20N2O/c1-8-9-3-6-13-7-10(9)11-4-5-12(8)2/h8-11H,3-7H2,1-2H3/t8-,9-,10?/m0/s1. The van der Waals surface area contributed by atoms with Crippen molar-refractivity contribution in [1.82, 2.24) is 10.2 Å². The van der Waals surface area contributed by atoms with E-state index in [4.69, 9.17) is 4.74 Å². The van der Waals surface area contributed by atoms with Gasteiger partial charge in [-0.3, -0.25) is 0 Å². The molecule has 3 heteroatoms. The molecule has 0 saturated carbocycles. The molecule has 3 atom stereocenters. The van der Waals surface area contributed by atoms with E-state index in [0.29, 0.717) is 12.1 Å². The molecule has 2 aliphatic rings. The van der Waals surface area contributed by atoms with Crippen LogP contribution in [-0.2, 0) is 4.74 Å². The highest BCUT2D eigenvalue weighted by molar-refractivity contribution is 4.89. The summed E-state index contributed by atoms with van der Waals surface area (Å²) in [5.74, 6) is 0.779. The summed E-state index contributed by atoms with van der Waals surface area (Å²) in [6.07, 6.45) is 1.21. The van der Waals surface area contributed by atoms with Crippen molar-refractivity contribution >= 4 is 0 Å². The molecule has 2 saturated heterocycles. The fraction of sp³-hybridized carbons (Fsp3) is 1.00. The highest BCUT2D eigenvalue weighted by Gasteiger charge is 2.33. The molecule has 0 aromatic rings. The highest BCUT2D eigenvalue weighted by atomic mass is 16.5. The molecule has 3 nitrogen and oxygen atoms in total. The summed E-state index contributed by atoms with van der Waals surface area (Å²) in [5.41, 5.74) is 0. The molecule has 1 unspecified atom stereocenters. The van der Waals surface area contributed by atoms with Crippen LogP contribution in [0, 0.1) is 5.92 Å². The van der Waals surface area contributed by atoms with Gasteiger partial charge in [0.1, 0.15) is 0 Å². The third-order valence-electron chi connectivity index (χ3n) is 3.60. The number of nitrogens with one attached hydrogen (secondary N) is 1. The number of hydrogen-bond donors (Lipinski definition) is 1. The number of likely N-dealkylation sites (N-methyl/N-ethyl adjacent to an activating group) is 1. The van der Waals surface area contributed by atoms with Crippen molar-refractivity contribution in [3.8, 4) is 0 Å². The molecular weight excluding hydrogens is 164 g/mol. The quantitative estimate of drug-likeness (QED) is 0.586. The summed E-state index contributed by atoms with van der Waals surface area (Å²) in [6.45, 7) is 6.46. The zero-order chi connectivity index (χ0) is 9.26. The van der Waals surface area contributed by atoms with Crippen molar-refractivity contribution < 1.29 is 4.74 Å². The first-order chi connectivity index (χ1) is 6.29. The zero-order valence-electron chi connectivity index (χ0n) is 8.62. The van der Waals surface area contributed by atoms with Gasteiger partial charge in [0, 0.05) is 31.8 Å². The Morgan fingerprint density at radius 3 is 3.15 bits per heavy atom. The van der Waals surface area contributed by atoms with Crippen LogP contribution < -0.4 is 5.32 Å². The lowest BCUT2D eigenvalue weighted by atomic mass is 9.88. The zero-order valence-corrected chi connectivity index (χ0v) is 8.62. The van der Waals surface area contributed by atoms with Crippen LogP contribution in [0.15, 0.2) is 0 Å². The fourth-order valence-electron chi connectivity index (χ4n) is 2.50. The van der Waals surface area contributed by atoms with Crippen molar-refractivity contribution in [2.24, 2.45) is 5.92 Å². The molecule has 2 fully saturated rings. The van der Waals surface area contributed by atoms with E-state index in [0.717, 1.165) is 32.2 Å². The van der Waals surface area contributed by atoms with Crippen LogP contribution >= 0.6 is 0 Å². The molecule has 0 radical (unpaired) electrons. The van der Waals surface area contributed by atoms with Gasteiger partial charge < -0.3 is 15.0 Å². The Balaban J connectivity index is 2.06. The second-order valence-corrected chi connectivity index (χ2v) is 4.31. The van der Waals surface area contributed by atoms with E-state index in [9.17, 15) is 0 Å².